The minimum Gasteiger partial charge on any atom is -0.495 e. The monoisotopic (exact) mass is 456 g/mol. The van der Waals surface area contributed by atoms with Crippen LogP contribution in [0, 0.1) is 19.3 Å². The number of carbonyl (C=O) groups is 1. The van der Waals surface area contributed by atoms with E-state index < -0.39 is 5.91 Å². The first-order valence-corrected chi connectivity index (χ1v) is 10.7. The van der Waals surface area contributed by atoms with Crippen molar-refractivity contribution in [2.45, 2.75) is 20.8 Å². The van der Waals surface area contributed by atoms with E-state index in [1.165, 1.54) is 11.8 Å². The molecular formula is C22H21ClN4O3S. The number of ether oxygens (including phenoxy) is 2. The van der Waals surface area contributed by atoms with Crippen LogP contribution in [0.1, 0.15) is 23.9 Å². The quantitative estimate of drug-likeness (QED) is 0.659. The number of aryl methyl sites for hydroxylation is 1. The first kappa shape index (κ1) is 21.3. The number of fused-ring (bicyclic) bond motifs is 1. The number of thioether (sulfide) groups is 1. The predicted molar refractivity (Wildman–Crippen MR) is 125 cm³/mol. The average molecular weight is 457 g/mol. The molecule has 2 aliphatic rings. The van der Waals surface area contributed by atoms with Crippen molar-refractivity contribution in [1.29, 1.82) is 5.41 Å². The molecule has 0 saturated heterocycles. The van der Waals surface area contributed by atoms with Gasteiger partial charge in [0.05, 0.1) is 30.5 Å². The van der Waals surface area contributed by atoms with Gasteiger partial charge in [0.1, 0.15) is 17.3 Å². The molecule has 7 nitrogen and oxygen atoms in total. The fraction of sp³-hybridized carbons (Fsp3) is 0.227. The molecule has 1 N–H and O–H groups in total. The number of benzene rings is 1. The highest BCUT2D eigenvalue weighted by molar-refractivity contribution is 8.16. The number of aromatic nitrogens is 1. The van der Waals surface area contributed by atoms with Crippen molar-refractivity contribution in [3.63, 3.8) is 0 Å². The van der Waals surface area contributed by atoms with E-state index in [1.54, 1.807) is 37.3 Å². The number of nitrogens with one attached hydrogen (secondary N) is 1. The number of allylic oxidation sites excluding steroid dienone is 1. The Labute approximate surface area is 189 Å². The van der Waals surface area contributed by atoms with Crippen LogP contribution in [0.2, 0.25) is 5.02 Å². The molecule has 0 radical (unpaired) electrons. The Balaban J connectivity index is 1.82. The normalized spacial score (nSPS) is 17.1. The zero-order valence-electron chi connectivity index (χ0n) is 17.7. The number of hydrogen-bond acceptors (Lipinski definition) is 5. The third-order valence-corrected chi connectivity index (χ3v) is 6.49. The lowest BCUT2D eigenvalue weighted by Gasteiger charge is -2.25. The van der Waals surface area contributed by atoms with Crippen LogP contribution in [0.3, 0.4) is 0 Å². The Morgan fingerprint density at radius 3 is 2.52 bits per heavy atom. The van der Waals surface area contributed by atoms with Crippen LogP contribution in [0.4, 0.5) is 0 Å². The molecule has 0 spiro atoms. The largest absolute Gasteiger partial charge is 0.495 e. The zero-order chi connectivity index (χ0) is 22.4. The number of amides is 1. The Hall–Kier alpha value is -2.97. The van der Waals surface area contributed by atoms with Crippen LogP contribution in [0.5, 0.6) is 11.5 Å². The summed E-state index contributed by atoms with van der Waals surface area (Å²) in [5.41, 5.74) is 4.49. The number of hydrogen-bond donors (Lipinski definition) is 1. The van der Waals surface area contributed by atoms with E-state index in [2.05, 4.69) is 4.99 Å². The molecule has 2 aromatic rings. The summed E-state index contributed by atoms with van der Waals surface area (Å²) in [6.07, 6.45) is 1.72. The van der Waals surface area contributed by atoms with Gasteiger partial charge in [0.2, 0.25) is 0 Å². The van der Waals surface area contributed by atoms with Gasteiger partial charge in [0.25, 0.3) is 5.91 Å². The van der Waals surface area contributed by atoms with Gasteiger partial charge in [-0.25, -0.2) is 0 Å². The van der Waals surface area contributed by atoms with E-state index in [-0.39, 0.29) is 11.4 Å². The van der Waals surface area contributed by atoms with E-state index in [0.717, 1.165) is 28.3 Å². The highest BCUT2D eigenvalue weighted by Crippen LogP contribution is 2.37. The summed E-state index contributed by atoms with van der Waals surface area (Å²) in [4.78, 5) is 18.5. The molecule has 1 amide bonds. The van der Waals surface area contributed by atoms with Crippen LogP contribution >= 0.6 is 23.4 Å². The second-order valence-electron chi connectivity index (χ2n) is 7.14. The average Bonchev–Trinajstić information content (AvgIpc) is 3.23. The van der Waals surface area contributed by atoms with Gasteiger partial charge in [-0.05, 0) is 50.0 Å². The number of rotatable bonds is 4. The van der Waals surface area contributed by atoms with Crippen molar-refractivity contribution < 1.29 is 14.3 Å². The lowest BCUT2D eigenvalue weighted by atomic mass is 10.1. The van der Waals surface area contributed by atoms with Crippen molar-refractivity contribution in [1.82, 2.24) is 9.47 Å². The maximum absolute atomic E-state index is 12.6. The van der Waals surface area contributed by atoms with E-state index in [0.29, 0.717) is 21.7 Å². The van der Waals surface area contributed by atoms with Gasteiger partial charge in [0, 0.05) is 23.2 Å². The van der Waals surface area contributed by atoms with Gasteiger partial charge >= 0.3 is 0 Å². The number of methoxy groups -OCH3 is 2. The highest BCUT2D eigenvalue weighted by atomic mass is 35.5. The molecule has 0 atom stereocenters. The molecule has 160 valence electrons. The van der Waals surface area contributed by atoms with Crippen LogP contribution in [0.15, 0.2) is 39.9 Å². The molecule has 31 heavy (non-hydrogen) atoms. The summed E-state index contributed by atoms with van der Waals surface area (Å²) in [5, 5.41) is 11.4. The molecule has 4 rings (SSSR count). The molecule has 0 saturated carbocycles. The van der Waals surface area contributed by atoms with Crippen LogP contribution in [-0.2, 0) is 4.79 Å². The summed E-state index contributed by atoms with van der Waals surface area (Å²) < 4.78 is 12.9. The fourth-order valence-corrected chi connectivity index (χ4v) is 4.81. The number of carbonyl (C=O) groups excluding carboxylic acids is 1. The minimum absolute atomic E-state index is 0.128. The van der Waals surface area contributed by atoms with Crippen molar-refractivity contribution in [3.05, 3.63) is 56.9 Å². The number of nitrogens with zero attached hydrogens (tertiary/aromatic N) is 3. The maximum Gasteiger partial charge on any atom is 0.283 e. The molecular weight excluding hydrogens is 436 g/mol. The van der Waals surface area contributed by atoms with Crippen LogP contribution in [-0.4, -0.2) is 40.6 Å². The maximum atomic E-state index is 12.6. The fourth-order valence-electron chi connectivity index (χ4n) is 3.72. The van der Waals surface area contributed by atoms with E-state index >= 15 is 0 Å². The smallest absolute Gasteiger partial charge is 0.283 e. The van der Waals surface area contributed by atoms with Gasteiger partial charge in [-0.2, -0.15) is 4.99 Å². The lowest BCUT2D eigenvalue weighted by molar-refractivity contribution is -0.114. The third kappa shape index (κ3) is 3.45. The SMILES string of the molecule is COc1cc(OC)c(-n2c(C)cc(/C=C3/C(=N)N4C(C)=CSC4=NC3=O)c2C)cc1Cl. The molecule has 3 heterocycles. The summed E-state index contributed by atoms with van der Waals surface area (Å²) in [7, 11) is 3.14. The van der Waals surface area contributed by atoms with Gasteiger partial charge in [-0.1, -0.05) is 23.4 Å². The number of amidine groups is 2. The standard InChI is InChI=1S/C22H21ClN4O3S/c1-11-6-14(7-15-20(24)27-12(2)10-31-22(27)25-21(15)28)13(3)26(11)17-8-16(23)18(29-4)9-19(17)30-5/h6-10,24H,1-5H3/b15-7-,24-20?. The van der Waals surface area contributed by atoms with Gasteiger partial charge in [-0.3, -0.25) is 15.1 Å². The van der Waals surface area contributed by atoms with Crippen molar-refractivity contribution in [2.75, 3.05) is 14.2 Å². The van der Waals surface area contributed by atoms with Gasteiger partial charge in [-0.15, -0.1) is 0 Å². The van der Waals surface area contributed by atoms with Crippen LogP contribution < -0.4 is 9.47 Å². The van der Waals surface area contributed by atoms with E-state index in [4.69, 9.17) is 26.5 Å². The molecule has 0 fully saturated rings. The molecule has 1 aromatic heterocycles. The van der Waals surface area contributed by atoms with E-state index in [1.807, 2.05) is 36.8 Å². The summed E-state index contributed by atoms with van der Waals surface area (Å²) >= 11 is 7.72. The Morgan fingerprint density at radius 1 is 1.13 bits per heavy atom. The lowest BCUT2D eigenvalue weighted by Crippen LogP contribution is -2.37. The Bertz CT molecular complexity index is 1230. The number of aliphatic imine (C=N–C) groups is 1. The molecule has 1 aromatic carbocycles. The molecule has 0 unspecified atom stereocenters. The van der Waals surface area contributed by atoms with Crippen molar-refractivity contribution >= 4 is 46.3 Å². The van der Waals surface area contributed by atoms with Crippen LogP contribution in [0.25, 0.3) is 11.8 Å². The first-order chi connectivity index (χ1) is 14.8. The molecule has 0 bridgehead atoms. The van der Waals surface area contributed by atoms with Crippen molar-refractivity contribution in [3.8, 4) is 17.2 Å². The second kappa shape index (κ2) is 7.94. The van der Waals surface area contributed by atoms with Gasteiger partial charge in [0.15, 0.2) is 5.17 Å². The summed E-state index contributed by atoms with van der Waals surface area (Å²) in [5.74, 6) is 0.840. The Kier molecular flexibility index (Phi) is 5.45. The molecule has 2 aliphatic heterocycles. The highest BCUT2D eigenvalue weighted by Gasteiger charge is 2.34. The summed E-state index contributed by atoms with van der Waals surface area (Å²) in [6.45, 7) is 5.79. The van der Waals surface area contributed by atoms with Gasteiger partial charge < -0.3 is 14.0 Å². The third-order valence-electron chi connectivity index (χ3n) is 5.25. The topological polar surface area (TPSA) is 79.9 Å². The Morgan fingerprint density at radius 2 is 1.84 bits per heavy atom. The second-order valence-corrected chi connectivity index (χ2v) is 8.38. The zero-order valence-corrected chi connectivity index (χ0v) is 19.3. The molecule has 0 aliphatic carbocycles. The number of halogens is 1. The van der Waals surface area contributed by atoms with Crippen molar-refractivity contribution in [2.24, 2.45) is 4.99 Å². The van der Waals surface area contributed by atoms with E-state index in [9.17, 15) is 4.79 Å². The summed E-state index contributed by atoms with van der Waals surface area (Å²) in [6, 6.07) is 5.49. The minimum atomic E-state index is -0.415. The predicted octanol–water partition coefficient (Wildman–Crippen LogP) is 4.93. The first-order valence-electron chi connectivity index (χ1n) is 9.44. The molecule has 9 heteroatoms.